The van der Waals surface area contributed by atoms with E-state index in [4.69, 9.17) is 37.0 Å². The van der Waals surface area contributed by atoms with Crippen LogP contribution in [0.25, 0.3) is 0 Å². The lowest BCUT2D eigenvalue weighted by atomic mass is 10.1. The molecule has 17 nitrogen and oxygen atoms in total. The first kappa shape index (κ1) is 98.0. The van der Waals surface area contributed by atoms with E-state index in [2.05, 4.69) is 113 Å². The van der Waals surface area contributed by atoms with Crippen LogP contribution in [0.1, 0.15) is 349 Å². The highest BCUT2D eigenvalue weighted by molar-refractivity contribution is 7.47. The Morgan fingerprint density at radius 2 is 0.520 bits per heavy atom. The van der Waals surface area contributed by atoms with E-state index in [-0.39, 0.29) is 25.7 Å². The summed E-state index contributed by atoms with van der Waals surface area (Å²) in [7, 11) is -9.97. The molecule has 0 saturated carbocycles. The van der Waals surface area contributed by atoms with Crippen molar-refractivity contribution in [3.63, 3.8) is 0 Å². The van der Waals surface area contributed by atoms with Crippen LogP contribution >= 0.6 is 15.6 Å². The van der Waals surface area contributed by atoms with Gasteiger partial charge in [-0.05, 0) is 141 Å². The summed E-state index contributed by atoms with van der Waals surface area (Å²) < 4.78 is 68.6. The van der Waals surface area contributed by atoms with Gasteiger partial charge in [0.1, 0.15) is 19.3 Å². The lowest BCUT2D eigenvalue weighted by molar-refractivity contribution is -0.161. The van der Waals surface area contributed by atoms with Crippen molar-refractivity contribution in [1.82, 2.24) is 0 Å². The fourth-order valence-electron chi connectivity index (χ4n) is 10.8. The monoisotopic (exact) mass is 1480 g/mol. The molecule has 0 rings (SSSR count). The average molecular weight is 1480 g/mol. The SMILES string of the molecule is CC/C=C\C/C=C\C/C=C\C/C=C\C/C=C\CCCC(=O)OCC(COP(=O)(O)OCC(O)COP(=O)(O)OCC(COC(=O)CCCCCCC/C=C\CCCCCCCC)OC(=O)CCCCCCC/C=C\CCCCCCCC)OC(=O)CCCCCCC/C=C\CCCCCCCC. The van der Waals surface area contributed by atoms with Gasteiger partial charge < -0.3 is 33.8 Å². The molecule has 0 amide bonds. The van der Waals surface area contributed by atoms with Crippen LogP contribution in [0.2, 0.25) is 0 Å². The van der Waals surface area contributed by atoms with Gasteiger partial charge in [0.05, 0.1) is 26.4 Å². The first-order chi connectivity index (χ1) is 49.7. The van der Waals surface area contributed by atoms with Crippen LogP contribution in [0.3, 0.4) is 0 Å². The highest BCUT2D eigenvalue weighted by atomic mass is 31.2. The molecule has 0 aliphatic rings. The van der Waals surface area contributed by atoms with Gasteiger partial charge in [-0.25, -0.2) is 9.13 Å². The maximum absolute atomic E-state index is 13.1. The Hall–Kier alpha value is -4.02. The molecule has 102 heavy (non-hydrogen) atoms. The number of phosphoric ester groups is 2. The number of carbonyl (C=O) groups is 4. The number of ether oxygens (including phenoxy) is 4. The van der Waals surface area contributed by atoms with Gasteiger partial charge in [0.15, 0.2) is 12.2 Å². The van der Waals surface area contributed by atoms with Crippen molar-refractivity contribution in [3.05, 3.63) is 97.2 Å². The Kier molecular flexibility index (Phi) is 72.3. The summed E-state index contributed by atoms with van der Waals surface area (Å²) in [6.45, 7) is 4.70. The zero-order valence-corrected chi connectivity index (χ0v) is 66.3. The van der Waals surface area contributed by atoms with E-state index in [0.717, 1.165) is 148 Å². The minimum atomic E-state index is -4.99. The number of aliphatic hydroxyl groups is 1. The molecule has 590 valence electrons. The molecule has 5 unspecified atom stereocenters. The van der Waals surface area contributed by atoms with Gasteiger partial charge in [-0.1, -0.05) is 279 Å². The van der Waals surface area contributed by atoms with E-state index in [0.29, 0.717) is 32.1 Å². The minimum Gasteiger partial charge on any atom is -0.462 e. The van der Waals surface area contributed by atoms with Gasteiger partial charge >= 0.3 is 39.5 Å². The third kappa shape index (κ3) is 74.3. The van der Waals surface area contributed by atoms with Crippen molar-refractivity contribution in [1.29, 1.82) is 0 Å². The number of hydrogen-bond acceptors (Lipinski definition) is 15. The van der Waals surface area contributed by atoms with E-state index < -0.39 is 97.5 Å². The lowest BCUT2D eigenvalue weighted by Gasteiger charge is -2.21. The van der Waals surface area contributed by atoms with E-state index in [1.807, 2.05) is 12.2 Å². The molecular weight excluding hydrogens is 1330 g/mol. The van der Waals surface area contributed by atoms with Gasteiger partial charge in [-0.15, -0.1) is 0 Å². The number of aliphatic hydroxyl groups excluding tert-OH is 1. The zero-order valence-electron chi connectivity index (χ0n) is 64.5. The predicted octanol–water partition coefficient (Wildman–Crippen LogP) is 23.6. The van der Waals surface area contributed by atoms with Crippen molar-refractivity contribution in [2.45, 2.75) is 367 Å². The molecule has 0 aromatic rings. The Morgan fingerprint density at radius 3 is 0.833 bits per heavy atom. The van der Waals surface area contributed by atoms with Crippen LogP contribution in [-0.2, 0) is 65.4 Å². The van der Waals surface area contributed by atoms with Gasteiger partial charge in [0.2, 0.25) is 0 Å². The Bertz CT molecular complexity index is 2310. The van der Waals surface area contributed by atoms with E-state index in [9.17, 15) is 43.2 Å². The molecule has 0 aromatic carbocycles. The maximum atomic E-state index is 13.1. The second-order valence-corrected chi connectivity index (χ2v) is 29.9. The van der Waals surface area contributed by atoms with Crippen LogP contribution in [0.15, 0.2) is 97.2 Å². The van der Waals surface area contributed by atoms with Gasteiger partial charge in [0.25, 0.3) is 0 Å². The molecule has 3 N–H and O–H groups in total. The van der Waals surface area contributed by atoms with Gasteiger partial charge in [-0.3, -0.25) is 37.3 Å². The number of phosphoric acid groups is 2. The van der Waals surface area contributed by atoms with E-state index in [1.165, 1.54) is 116 Å². The van der Waals surface area contributed by atoms with E-state index in [1.54, 1.807) is 0 Å². The summed E-state index contributed by atoms with van der Waals surface area (Å²) in [5.41, 5.74) is 0. The number of allylic oxidation sites excluding steroid dienone is 16. The van der Waals surface area contributed by atoms with Crippen molar-refractivity contribution >= 4 is 39.5 Å². The molecule has 0 fully saturated rings. The van der Waals surface area contributed by atoms with Crippen molar-refractivity contribution in [2.24, 2.45) is 0 Å². The quantitative estimate of drug-likeness (QED) is 0.0169. The number of unbranched alkanes of at least 4 members (excludes halogenated alkanes) is 34. The van der Waals surface area contributed by atoms with Crippen molar-refractivity contribution in [2.75, 3.05) is 39.6 Å². The summed E-state index contributed by atoms with van der Waals surface area (Å²) in [4.78, 5) is 73.0. The molecular formula is C83H146O17P2. The fourth-order valence-corrected chi connectivity index (χ4v) is 12.4. The molecule has 19 heteroatoms. The molecule has 0 aliphatic carbocycles. The number of rotatable bonds is 76. The molecule has 0 aliphatic heterocycles. The molecule has 0 saturated heterocycles. The third-order valence-electron chi connectivity index (χ3n) is 17.0. The minimum absolute atomic E-state index is 0.0729. The van der Waals surface area contributed by atoms with Crippen LogP contribution in [0.5, 0.6) is 0 Å². The fraction of sp³-hybridized carbons (Fsp3) is 0.759. The summed E-state index contributed by atoms with van der Waals surface area (Å²) in [5, 5.41) is 10.6. The predicted molar refractivity (Wildman–Crippen MR) is 418 cm³/mol. The van der Waals surface area contributed by atoms with E-state index >= 15 is 0 Å². The summed E-state index contributed by atoms with van der Waals surface area (Å²) in [5.74, 6) is -2.25. The topological polar surface area (TPSA) is 237 Å². The second-order valence-electron chi connectivity index (χ2n) is 27.0. The Balaban J connectivity index is 5.41. The largest absolute Gasteiger partial charge is 0.472 e. The number of carbonyl (C=O) groups excluding carboxylic acids is 4. The average Bonchev–Trinajstić information content (AvgIpc) is 0.923. The first-order valence-corrected chi connectivity index (χ1v) is 43.5. The number of esters is 4. The van der Waals surface area contributed by atoms with Crippen LogP contribution in [0.4, 0.5) is 0 Å². The molecule has 0 heterocycles. The van der Waals surface area contributed by atoms with Crippen molar-refractivity contribution in [3.8, 4) is 0 Å². The standard InChI is InChI=1S/C83H146O17P2/c1-5-9-13-17-21-25-29-33-37-38-42-44-48-52-56-60-64-68-81(86)94-74-79(100-83(88)70-66-62-58-54-50-46-41-36-32-28-24-20-16-12-8-4)76-98-102(91,92)96-72-77(84)71-95-101(89,90)97-75-78(99-82(87)69-65-61-57-53-49-45-40-35-31-27-23-19-15-11-7-3)73-93-80(85)67-63-59-55-51-47-43-39-34-30-26-22-18-14-10-6-2/h9,13,21,25,33-37,39-42,44,52,56,77-79,84H,5-8,10-12,14-20,22-24,26-32,38,43,45-51,53-55,57-76H2,1-4H3,(H,89,90)(H,91,92)/b13-9-,25-21-,37-33-,39-34-,40-35-,41-36-,44-42-,56-52-. The maximum Gasteiger partial charge on any atom is 0.472 e. The van der Waals surface area contributed by atoms with Crippen LogP contribution in [0, 0.1) is 0 Å². The first-order valence-electron chi connectivity index (χ1n) is 40.5. The second kappa shape index (κ2) is 75.2. The van der Waals surface area contributed by atoms with Gasteiger partial charge in [0, 0.05) is 25.7 Å². The normalized spacial score (nSPS) is 14.4. The summed E-state index contributed by atoms with van der Waals surface area (Å²) in [6, 6.07) is 0. The Labute approximate surface area is 620 Å². The van der Waals surface area contributed by atoms with Crippen LogP contribution in [-0.4, -0.2) is 96.7 Å². The molecule has 5 atom stereocenters. The molecule has 0 aromatic heterocycles. The lowest BCUT2D eigenvalue weighted by Crippen LogP contribution is -2.30. The smallest absolute Gasteiger partial charge is 0.462 e. The summed E-state index contributed by atoms with van der Waals surface area (Å²) >= 11 is 0. The third-order valence-corrected chi connectivity index (χ3v) is 18.9. The van der Waals surface area contributed by atoms with Gasteiger partial charge in [-0.2, -0.15) is 0 Å². The summed E-state index contributed by atoms with van der Waals surface area (Å²) in [6.07, 6.45) is 79.6. The highest BCUT2D eigenvalue weighted by Crippen LogP contribution is 2.45. The molecule has 0 spiro atoms. The highest BCUT2D eigenvalue weighted by Gasteiger charge is 2.30. The zero-order chi connectivity index (χ0) is 74.6. The number of hydrogen-bond donors (Lipinski definition) is 3. The Morgan fingerprint density at radius 1 is 0.284 bits per heavy atom. The molecule has 0 bridgehead atoms. The molecule has 0 radical (unpaired) electrons. The van der Waals surface area contributed by atoms with Crippen molar-refractivity contribution < 1.29 is 80.2 Å². The van der Waals surface area contributed by atoms with Crippen LogP contribution < -0.4 is 0 Å².